The number of nitrogens with zero attached hydrogens (tertiary/aromatic N) is 2. The van der Waals surface area contributed by atoms with Crippen molar-refractivity contribution in [2.45, 2.75) is 25.7 Å². The average Bonchev–Trinajstić information content (AvgIpc) is 3.18. The quantitative estimate of drug-likeness (QED) is 0.415. The minimum Gasteiger partial charge on any atom is -0.461 e. The van der Waals surface area contributed by atoms with Crippen molar-refractivity contribution in [3.63, 3.8) is 0 Å². The summed E-state index contributed by atoms with van der Waals surface area (Å²) in [6.45, 7) is 3.29. The van der Waals surface area contributed by atoms with E-state index in [-0.39, 0.29) is 17.6 Å². The van der Waals surface area contributed by atoms with Gasteiger partial charge in [-0.15, -0.1) is 0 Å². The zero-order valence-corrected chi connectivity index (χ0v) is 17.3. The summed E-state index contributed by atoms with van der Waals surface area (Å²) in [5.41, 5.74) is 4.16. The van der Waals surface area contributed by atoms with Gasteiger partial charge >= 0.3 is 0 Å². The Bertz CT molecular complexity index is 1250. The van der Waals surface area contributed by atoms with Gasteiger partial charge in [0.05, 0.1) is 5.69 Å². The Labute approximate surface area is 180 Å². The molecule has 1 aliphatic heterocycles. The van der Waals surface area contributed by atoms with Crippen molar-refractivity contribution in [3.05, 3.63) is 89.6 Å². The van der Waals surface area contributed by atoms with E-state index in [0.29, 0.717) is 12.1 Å². The van der Waals surface area contributed by atoms with Gasteiger partial charge in [-0.3, -0.25) is 9.78 Å². The van der Waals surface area contributed by atoms with Crippen LogP contribution in [0, 0.1) is 12.7 Å². The molecule has 0 radical (unpaired) electrons. The van der Waals surface area contributed by atoms with Crippen LogP contribution >= 0.6 is 0 Å². The van der Waals surface area contributed by atoms with Gasteiger partial charge < -0.3 is 9.32 Å². The van der Waals surface area contributed by atoms with Gasteiger partial charge in [-0.1, -0.05) is 6.07 Å². The first-order valence-electron chi connectivity index (χ1n) is 10.6. The smallest absolute Gasteiger partial charge is 0.253 e. The van der Waals surface area contributed by atoms with E-state index in [2.05, 4.69) is 0 Å². The van der Waals surface area contributed by atoms with Crippen LogP contribution in [0.5, 0.6) is 0 Å². The topological polar surface area (TPSA) is 46.3 Å². The molecular weight excluding hydrogens is 391 g/mol. The summed E-state index contributed by atoms with van der Waals surface area (Å²) in [7, 11) is 0. The molecule has 0 spiro atoms. The minimum atomic E-state index is -0.259. The second kappa shape index (κ2) is 7.99. The maximum absolute atomic E-state index is 13.3. The number of rotatable bonds is 3. The van der Waals surface area contributed by atoms with E-state index < -0.39 is 0 Å². The molecule has 0 bridgehead atoms. The molecular formula is C26H23FN2O2. The number of hydrogen-bond acceptors (Lipinski definition) is 3. The lowest BCUT2D eigenvalue weighted by Gasteiger charge is -2.32. The van der Waals surface area contributed by atoms with Crippen LogP contribution < -0.4 is 0 Å². The van der Waals surface area contributed by atoms with Crippen molar-refractivity contribution < 1.29 is 13.6 Å². The van der Waals surface area contributed by atoms with Crippen LogP contribution in [0.25, 0.3) is 22.2 Å². The largest absolute Gasteiger partial charge is 0.461 e. The van der Waals surface area contributed by atoms with Crippen molar-refractivity contribution in [1.29, 1.82) is 0 Å². The van der Waals surface area contributed by atoms with Crippen molar-refractivity contribution in [2.75, 3.05) is 13.1 Å². The van der Waals surface area contributed by atoms with Crippen LogP contribution in [0.3, 0.4) is 0 Å². The molecule has 5 heteroatoms. The molecule has 4 aromatic rings. The molecule has 0 N–H and O–H groups in total. The fourth-order valence-electron chi connectivity index (χ4n) is 4.35. The van der Waals surface area contributed by atoms with E-state index in [1.165, 1.54) is 12.1 Å². The van der Waals surface area contributed by atoms with Crippen LogP contribution in [-0.2, 0) is 0 Å². The third kappa shape index (κ3) is 3.96. The predicted octanol–water partition coefficient (Wildman–Crippen LogP) is 5.96. The third-order valence-electron chi connectivity index (χ3n) is 5.92. The summed E-state index contributed by atoms with van der Waals surface area (Å²) in [5, 5.41) is 0.950. The Balaban J connectivity index is 1.36. The van der Waals surface area contributed by atoms with Gasteiger partial charge in [0.25, 0.3) is 5.91 Å². The number of carbonyl (C=O) groups is 1. The monoisotopic (exact) mass is 414 g/mol. The third-order valence-corrected chi connectivity index (χ3v) is 5.92. The van der Waals surface area contributed by atoms with Crippen LogP contribution in [0.15, 0.2) is 71.1 Å². The number of carbonyl (C=O) groups excluding carboxylic acids is 1. The molecule has 0 saturated carbocycles. The summed E-state index contributed by atoms with van der Waals surface area (Å²) in [4.78, 5) is 19.9. The molecule has 1 saturated heterocycles. The Morgan fingerprint density at radius 2 is 1.94 bits per heavy atom. The van der Waals surface area contributed by atoms with E-state index in [4.69, 9.17) is 9.40 Å². The maximum Gasteiger partial charge on any atom is 0.253 e. The molecule has 2 aromatic carbocycles. The first kappa shape index (κ1) is 19.5. The molecule has 5 rings (SSSR count). The fraction of sp³-hybridized carbons (Fsp3) is 0.231. The maximum atomic E-state index is 13.3. The highest BCUT2D eigenvalue weighted by Crippen LogP contribution is 2.29. The van der Waals surface area contributed by atoms with Gasteiger partial charge in [0.1, 0.15) is 17.2 Å². The Hall–Kier alpha value is -3.47. The van der Waals surface area contributed by atoms with Crippen molar-refractivity contribution in [3.8, 4) is 11.3 Å². The predicted molar refractivity (Wildman–Crippen MR) is 118 cm³/mol. The standard InChI is InChI=1S/C26H23FN2O2/c1-17-14-21-15-19(9-12-25(21)31-17)26(30)29-13-3-4-20(16-29)24-6-2-5-23(28-24)18-7-10-22(27)11-8-18/h2,5-12,14-15,20H,3-4,13,16H2,1H3/t20-/m1/s1. The highest BCUT2D eigenvalue weighted by Gasteiger charge is 2.26. The zero-order chi connectivity index (χ0) is 21.4. The number of fused-ring (bicyclic) bond motifs is 1. The summed E-state index contributed by atoms with van der Waals surface area (Å²) in [6.07, 6.45) is 1.93. The van der Waals surface area contributed by atoms with Gasteiger partial charge in [0, 0.05) is 41.2 Å². The lowest BCUT2D eigenvalue weighted by Crippen LogP contribution is -2.39. The van der Waals surface area contributed by atoms with Gasteiger partial charge in [-0.25, -0.2) is 4.39 Å². The second-order valence-corrected chi connectivity index (χ2v) is 8.15. The second-order valence-electron chi connectivity index (χ2n) is 8.15. The number of pyridine rings is 1. The molecule has 4 nitrogen and oxygen atoms in total. The molecule has 1 amide bonds. The Morgan fingerprint density at radius 1 is 1.10 bits per heavy atom. The molecule has 1 fully saturated rings. The number of furan rings is 1. The molecule has 31 heavy (non-hydrogen) atoms. The number of hydrogen-bond donors (Lipinski definition) is 0. The highest BCUT2D eigenvalue weighted by atomic mass is 19.1. The molecule has 1 atom stereocenters. The highest BCUT2D eigenvalue weighted by molar-refractivity contribution is 5.98. The van der Waals surface area contributed by atoms with Gasteiger partial charge in [0.2, 0.25) is 0 Å². The van der Waals surface area contributed by atoms with Crippen molar-refractivity contribution in [2.24, 2.45) is 0 Å². The van der Waals surface area contributed by atoms with E-state index in [1.54, 1.807) is 12.1 Å². The van der Waals surface area contributed by atoms with Crippen molar-refractivity contribution in [1.82, 2.24) is 9.88 Å². The van der Waals surface area contributed by atoms with E-state index in [0.717, 1.165) is 53.1 Å². The number of aryl methyl sites for hydroxylation is 1. The fourth-order valence-corrected chi connectivity index (χ4v) is 4.35. The van der Waals surface area contributed by atoms with Gasteiger partial charge in [-0.05, 0) is 80.4 Å². The Kier molecular flexibility index (Phi) is 5.02. The number of piperidine rings is 1. The molecule has 2 aromatic heterocycles. The number of aromatic nitrogens is 1. The molecule has 0 unspecified atom stereocenters. The van der Waals surface area contributed by atoms with Gasteiger partial charge in [-0.2, -0.15) is 0 Å². The summed E-state index contributed by atoms with van der Waals surface area (Å²) < 4.78 is 18.9. The normalized spacial score (nSPS) is 16.6. The van der Waals surface area contributed by atoms with Crippen LogP contribution in [0.1, 0.15) is 40.6 Å². The number of amides is 1. The summed E-state index contributed by atoms with van der Waals surface area (Å²) in [5.74, 6) is 0.799. The molecule has 0 aliphatic carbocycles. The number of benzene rings is 2. The summed E-state index contributed by atoms with van der Waals surface area (Å²) >= 11 is 0. The number of likely N-dealkylation sites (tertiary alicyclic amines) is 1. The molecule has 1 aliphatic rings. The SMILES string of the molecule is Cc1cc2cc(C(=O)N3CCC[C@@H](c4cccc(-c5ccc(F)cc5)n4)C3)ccc2o1. The van der Waals surface area contributed by atoms with Crippen LogP contribution in [-0.4, -0.2) is 28.9 Å². The number of halogens is 1. The lowest BCUT2D eigenvalue weighted by atomic mass is 9.93. The molecule has 156 valence electrons. The van der Waals surface area contributed by atoms with Gasteiger partial charge in [0.15, 0.2) is 0 Å². The molecule has 3 heterocycles. The van der Waals surface area contributed by atoms with Crippen LogP contribution in [0.2, 0.25) is 0 Å². The van der Waals surface area contributed by atoms with Crippen molar-refractivity contribution >= 4 is 16.9 Å². The first-order valence-corrected chi connectivity index (χ1v) is 10.6. The summed E-state index contributed by atoms with van der Waals surface area (Å²) in [6, 6.07) is 19.9. The minimum absolute atomic E-state index is 0.0418. The Morgan fingerprint density at radius 3 is 2.77 bits per heavy atom. The van der Waals surface area contributed by atoms with E-state index >= 15 is 0 Å². The first-order chi connectivity index (χ1) is 15.1. The van der Waals surface area contributed by atoms with Crippen LogP contribution in [0.4, 0.5) is 4.39 Å². The average molecular weight is 414 g/mol. The van der Waals surface area contributed by atoms with E-state index in [1.807, 2.05) is 54.3 Å². The lowest BCUT2D eigenvalue weighted by molar-refractivity contribution is 0.0706. The zero-order valence-electron chi connectivity index (χ0n) is 17.3. The van der Waals surface area contributed by atoms with E-state index in [9.17, 15) is 9.18 Å².